The second-order valence-corrected chi connectivity index (χ2v) is 12.5. The van der Waals surface area contributed by atoms with Crippen LogP contribution in [0.25, 0.3) is 0 Å². The lowest BCUT2D eigenvalue weighted by atomic mass is 9.46. The van der Waals surface area contributed by atoms with Crippen LogP contribution in [0.3, 0.4) is 0 Å². The van der Waals surface area contributed by atoms with Gasteiger partial charge in [0.1, 0.15) is 0 Å². The van der Waals surface area contributed by atoms with E-state index >= 15 is 0 Å². The Hall–Kier alpha value is -0.670. The molecule has 0 bridgehead atoms. The number of aliphatic hydroxyl groups excluding tert-OH is 1. The highest BCUT2D eigenvalue weighted by Gasteiger charge is 2.61. The van der Waals surface area contributed by atoms with Crippen LogP contribution in [0.15, 0.2) is 11.6 Å². The van der Waals surface area contributed by atoms with Gasteiger partial charge in [-0.05, 0) is 106 Å². The molecule has 3 nitrogen and oxygen atoms in total. The predicted octanol–water partition coefficient (Wildman–Crippen LogP) is 5.68. The molecule has 170 valence electrons. The maximum atomic E-state index is 13.4. The molecule has 0 spiro atoms. The fourth-order valence-corrected chi connectivity index (χ4v) is 8.42. The number of hydrogen-bond acceptors (Lipinski definition) is 3. The summed E-state index contributed by atoms with van der Waals surface area (Å²) in [6, 6.07) is 0. The third-order valence-corrected chi connectivity index (χ3v) is 10.1. The van der Waals surface area contributed by atoms with Crippen LogP contribution in [-0.4, -0.2) is 27.7 Å². The third-order valence-electron chi connectivity index (χ3n) is 10.1. The summed E-state index contributed by atoms with van der Waals surface area (Å²) in [5.41, 5.74) is 1.07. The van der Waals surface area contributed by atoms with Crippen molar-refractivity contribution in [3.05, 3.63) is 11.6 Å². The van der Waals surface area contributed by atoms with Gasteiger partial charge in [0.05, 0.1) is 11.7 Å². The second kappa shape index (κ2) is 7.73. The molecule has 0 amide bonds. The molecule has 4 aliphatic carbocycles. The summed E-state index contributed by atoms with van der Waals surface area (Å²) < 4.78 is 0. The SMILES string of the molecule is C[C@H](CCCC(C)(C)O)C1CC[C@H]2C3C(=O)C=C4CC(O)CCC4(C)C3CCC12C. The monoisotopic (exact) mass is 416 g/mol. The van der Waals surface area contributed by atoms with E-state index in [2.05, 4.69) is 20.8 Å². The number of allylic oxidation sites excluding steroid dienone is 1. The van der Waals surface area contributed by atoms with E-state index in [4.69, 9.17) is 0 Å². The van der Waals surface area contributed by atoms with Crippen LogP contribution >= 0.6 is 0 Å². The van der Waals surface area contributed by atoms with E-state index in [1.807, 2.05) is 19.9 Å². The Morgan fingerprint density at radius 1 is 1.13 bits per heavy atom. The molecule has 0 aliphatic heterocycles. The molecule has 8 atom stereocenters. The van der Waals surface area contributed by atoms with Crippen LogP contribution in [0, 0.1) is 40.4 Å². The average molecular weight is 417 g/mol. The highest BCUT2D eigenvalue weighted by atomic mass is 16.3. The Balaban J connectivity index is 1.52. The van der Waals surface area contributed by atoms with Crippen LogP contribution in [-0.2, 0) is 4.79 Å². The summed E-state index contributed by atoms with van der Waals surface area (Å²) in [6.07, 6.45) is 12.3. The van der Waals surface area contributed by atoms with Gasteiger partial charge in [0.2, 0.25) is 0 Å². The molecule has 0 heterocycles. The summed E-state index contributed by atoms with van der Waals surface area (Å²) in [6.45, 7) is 11.1. The molecule has 30 heavy (non-hydrogen) atoms. The molecule has 0 aromatic rings. The molecule has 4 rings (SSSR count). The van der Waals surface area contributed by atoms with E-state index in [0.717, 1.165) is 25.7 Å². The van der Waals surface area contributed by atoms with Crippen molar-refractivity contribution in [3.63, 3.8) is 0 Å². The third kappa shape index (κ3) is 3.72. The summed E-state index contributed by atoms with van der Waals surface area (Å²) in [5.74, 6) is 2.91. The van der Waals surface area contributed by atoms with Crippen LogP contribution in [0.1, 0.15) is 98.8 Å². The lowest BCUT2D eigenvalue weighted by Crippen LogP contribution is -2.53. The normalized spacial score (nSPS) is 44.7. The van der Waals surface area contributed by atoms with Crippen molar-refractivity contribution in [1.82, 2.24) is 0 Å². The number of ketones is 1. The van der Waals surface area contributed by atoms with E-state index in [-0.39, 0.29) is 22.9 Å². The predicted molar refractivity (Wildman–Crippen MR) is 121 cm³/mol. The van der Waals surface area contributed by atoms with E-state index < -0.39 is 5.60 Å². The molecule has 0 saturated heterocycles. The van der Waals surface area contributed by atoms with Crippen molar-refractivity contribution >= 4 is 5.78 Å². The Kier molecular flexibility index (Phi) is 5.80. The van der Waals surface area contributed by atoms with Gasteiger partial charge in [-0.15, -0.1) is 0 Å². The number of aliphatic hydroxyl groups is 2. The Bertz CT molecular complexity index is 703. The first-order valence-corrected chi connectivity index (χ1v) is 12.6. The maximum Gasteiger partial charge on any atom is 0.159 e. The summed E-state index contributed by atoms with van der Waals surface area (Å²) in [4.78, 5) is 13.4. The number of carbonyl (C=O) groups excluding carboxylic acids is 1. The fourth-order valence-electron chi connectivity index (χ4n) is 8.42. The molecular formula is C27H44O3. The van der Waals surface area contributed by atoms with Gasteiger partial charge in [-0.1, -0.05) is 39.2 Å². The van der Waals surface area contributed by atoms with Gasteiger partial charge >= 0.3 is 0 Å². The Morgan fingerprint density at radius 3 is 2.57 bits per heavy atom. The van der Waals surface area contributed by atoms with E-state index in [9.17, 15) is 15.0 Å². The lowest BCUT2D eigenvalue weighted by Gasteiger charge is -2.57. The topological polar surface area (TPSA) is 57.5 Å². The average Bonchev–Trinajstić information content (AvgIpc) is 2.99. The lowest BCUT2D eigenvalue weighted by molar-refractivity contribution is -0.135. The number of hydrogen-bond donors (Lipinski definition) is 2. The van der Waals surface area contributed by atoms with Crippen molar-refractivity contribution in [3.8, 4) is 0 Å². The van der Waals surface area contributed by atoms with Crippen molar-refractivity contribution < 1.29 is 15.0 Å². The second-order valence-electron chi connectivity index (χ2n) is 12.5. The molecule has 0 radical (unpaired) electrons. The number of rotatable bonds is 5. The Morgan fingerprint density at radius 2 is 1.87 bits per heavy atom. The van der Waals surface area contributed by atoms with Crippen molar-refractivity contribution in [2.24, 2.45) is 40.4 Å². The first-order chi connectivity index (χ1) is 14.0. The van der Waals surface area contributed by atoms with E-state index in [1.54, 1.807) is 0 Å². The van der Waals surface area contributed by atoms with Crippen LogP contribution < -0.4 is 0 Å². The molecule has 3 fully saturated rings. The molecule has 3 saturated carbocycles. The fraction of sp³-hybridized carbons (Fsp3) is 0.889. The first-order valence-electron chi connectivity index (χ1n) is 12.6. The van der Waals surface area contributed by atoms with Gasteiger partial charge in [-0.25, -0.2) is 0 Å². The largest absolute Gasteiger partial charge is 0.393 e. The zero-order chi connectivity index (χ0) is 21.9. The van der Waals surface area contributed by atoms with Crippen LogP contribution in [0.2, 0.25) is 0 Å². The van der Waals surface area contributed by atoms with E-state index in [1.165, 1.54) is 37.7 Å². The Labute approximate surface area is 183 Å². The first kappa shape index (κ1) is 22.5. The molecule has 0 aromatic heterocycles. The minimum Gasteiger partial charge on any atom is -0.393 e. The minimum atomic E-state index is -0.568. The van der Waals surface area contributed by atoms with Gasteiger partial charge in [0.25, 0.3) is 0 Å². The molecule has 3 heteroatoms. The summed E-state index contributed by atoms with van der Waals surface area (Å²) in [5, 5.41) is 20.3. The molecule has 6 unspecified atom stereocenters. The van der Waals surface area contributed by atoms with Crippen molar-refractivity contribution in [2.75, 3.05) is 0 Å². The van der Waals surface area contributed by atoms with Crippen molar-refractivity contribution in [2.45, 2.75) is 111 Å². The quantitative estimate of drug-likeness (QED) is 0.606. The molecule has 0 aromatic carbocycles. The molecule has 2 N–H and O–H groups in total. The highest BCUT2D eigenvalue weighted by Crippen LogP contribution is 2.66. The van der Waals surface area contributed by atoms with Crippen LogP contribution in [0.5, 0.6) is 0 Å². The zero-order valence-corrected chi connectivity index (χ0v) is 19.9. The minimum absolute atomic E-state index is 0.121. The van der Waals surface area contributed by atoms with Gasteiger partial charge in [0.15, 0.2) is 5.78 Å². The van der Waals surface area contributed by atoms with Crippen molar-refractivity contribution in [1.29, 1.82) is 0 Å². The van der Waals surface area contributed by atoms with Gasteiger partial charge in [-0.2, -0.15) is 0 Å². The summed E-state index contributed by atoms with van der Waals surface area (Å²) in [7, 11) is 0. The standard InChI is InChI=1S/C27H44O3/c1-17(7-6-12-25(2,3)30)20-8-9-21-24-22(11-14-27(20,21)5)26(4)13-10-19(28)15-18(26)16-23(24)29/h16-17,19-22,24,28,30H,6-15H2,1-5H3/t17-,19?,20?,21+,22?,24?,26?,27?/m1/s1. The maximum absolute atomic E-state index is 13.4. The van der Waals surface area contributed by atoms with Gasteiger partial charge in [-0.3, -0.25) is 4.79 Å². The number of carbonyl (C=O) groups is 1. The van der Waals surface area contributed by atoms with Gasteiger partial charge in [0, 0.05) is 5.92 Å². The van der Waals surface area contributed by atoms with Gasteiger partial charge < -0.3 is 10.2 Å². The molecular weight excluding hydrogens is 372 g/mol. The van der Waals surface area contributed by atoms with E-state index in [0.29, 0.717) is 35.9 Å². The van der Waals surface area contributed by atoms with Crippen LogP contribution in [0.4, 0.5) is 0 Å². The highest BCUT2D eigenvalue weighted by molar-refractivity contribution is 5.94. The molecule has 4 aliphatic rings. The smallest absolute Gasteiger partial charge is 0.159 e. The number of fused-ring (bicyclic) bond motifs is 5. The summed E-state index contributed by atoms with van der Waals surface area (Å²) >= 11 is 0. The zero-order valence-electron chi connectivity index (χ0n) is 19.9.